The van der Waals surface area contributed by atoms with Gasteiger partial charge in [-0.25, -0.2) is 9.97 Å². The molecule has 9 aromatic carbocycles. The minimum Gasteiger partial charge on any atom is -0.309 e. The number of nitrogens with zero attached hydrogens (tertiary/aromatic N) is 4. The molecule has 0 aliphatic carbocycles. The van der Waals surface area contributed by atoms with Gasteiger partial charge in [0.15, 0.2) is 0 Å². The SMILES string of the molecule is c1ccc(-c2ccc(-c3cccc(-c4nc(-n5c6ccccc6c6cc(-c7ccc8c9ccccc9n(-c9ccccc9)c8c7)ccc65)nc5ccccc45)c3)cc2)cc1. The van der Waals surface area contributed by atoms with Crippen molar-refractivity contribution in [2.45, 2.75) is 0 Å². The summed E-state index contributed by atoms with van der Waals surface area (Å²) in [5.74, 6) is 0.647. The Morgan fingerprint density at radius 1 is 0.267 bits per heavy atom. The third-order valence-corrected chi connectivity index (χ3v) is 11.9. The summed E-state index contributed by atoms with van der Waals surface area (Å²) in [4.78, 5) is 10.7. The first-order chi connectivity index (χ1) is 29.7. The van der Waals surface area contributed by atoms with Crippen LogP contribution in [-0.4, -0.2) is 19.1 Å². The Bertz CT molecular complexity index is 3580. The topological polar surface area (TPSA) is 35.6 Å². The standard InChI is InChI=1S/C56H36N4/c1-3-14-37(15-4-1)38-26-28-39(29-27-38)40-16-13-17-43(34-40)55-48-22-7-10-23-50(48)57-56(58-55)60-52-25-12-9-21-46(52)49-35-41(31-33-53(49)60)42-30-32-47-45-20-8-11-24-51(45)59(54(47)36-42)44-18-5-2-6-19-44/h1-36H. The van der Waals surface area contributed by atoms with Gasteiger partial charge < -0.3 is 4.57 Å². The molecule has 0 atom stereocenters. The molecule has 0 saturated heterocycles. The van der Waals surface area contributed by atoms with Gasteiger partial charge in [-0.3, -0.25) is 4.57 Å². The van der Waals surface area contributed by atoms with Crippen molar-refractivity contribution < 1.29 is 0 Å². The van der Waals surface area contributed by atoms with Gasteiger partial charge in [0.05, 0.1) is 33.3 Å². The van der Waals surface area contributed by atoms with E-state index in [9.17, 15) is 0 Å². The molecule has 0 unspecified atom stereocenters. The van der Waals surface area contributed by atoms with Gasteiger partial charge in [-0.1, -0.05) is 164 Å². The fourth-order valence-corrected chi connectivity index (χ4v) is 9.09. The second-order valence-electron chi connectivity index (χ2n) is 15.4. The third kappa shape index (κ3) is 5.53. The zero-order valence-corrected chi connectivity index (χ0v) is 32.6. The average molecular weight is 765 g/mol. The largest absolute Gasteiger partial charge is 0.309 e. The zero-order valence-electron chi connectivity index (χ0n) is 32.6. The van der Waals surface area contributed by atoms with Crippen LogP contribution in [0.5, 0.6) is 0 Å². The summed E-state index contributed by atoms with van der Waals surface area (Å²) in [7, 11) is 0. The molecule has 0 N–H and O–H groups in total. The Hall–Kier alpha value is -8.08. The quantitative estimate of drug-likeness (QED) is 0.169. The van der Waals surface area contributed by atoms with E-state index in [0.29, 0.717) is 5.95 Å². The van der Waals surface area contributed by atoms with Crippen LogP contribution >= 0.6 is 0 Å². The first-order valence-electron chi connectivity index (χ1n) is 20.4. The molecule has 0 saturated carbocycles. The number of para-hydroxylation sites is 4. The van der Waals surface area contributed by atoms with E-state index in [1.165, 1.54) is 38.5 Å². The first kappa shape index (κ1) is 34.0. The van der Waals surface area contributed by atoms with E-state index in [4.69, 9.17) is 9.97 Å². The number of fused-ring (bicyclic) bond motifs is 7. The fraction of sp³-hybridized carbons (Fsp3) is 0. The maximum absolute atomic E-state index is 5.43. The molecule has 4 heteroatoms. The lowest BCUT2D eigenvalue weighted by molar-refractivity contribution is 1.01. The van der Waals surface area contributed by atoms with E-state index in [2.05, 4.69) is 228 Å². The summed E-state index contributed by atoms with van der Waals surface area (Å²) >= 11 is 0. The van der Waals surface area contributed by atoms with E-state index in [1.54, 1.807) is 0 Å². The van der Waals surface area contributed by atoms with Crippen LogP contribution in [0, 0.1) is 0 Å². The highest BCUT2D eigenvalue weighted by molar-refractivity contribution is 6.12. The van der Waals surface area contributed by atoms with Gasteiger partial charge in [0, 0.05) is 38.2 Å². The van der Waals surface area contributed by atoms with Crippen molar-refractivity contribution in [3.05, 3.63) is 218 Å². The molecule has 0 aliphatic rings. The molecule has 0 amide bonds. The number of aromatic nitrogens is 4. The highest BCUT2D eigenvalue weighted by atomic mass is 15.2. The number of hydrogen-bond acceptors (Lipinski definition) is 2. The maximum Gasteiger partial charge on any atom is 0.235 e. The normalized spacial score (nSPS) is 11.7. The van der Waals surface area contributed by atoms with Crippen LogP contribution in [0.25, 0.3) is 111 Å². The molecule has 280 valence electrons. The molecule has 0 radical (unpaired) electrons. The molecule has 0 bridgehead atoms. The summed E-state index contributed by atoms with van der Waals surface area (Å²) in [5.41, 5.74) is 15.6. The second-order valence-corrected chi connectivity index (χ2v) is 15.4. The lowest BCUT2D eigenvalue weighted by Gasteiger charge is -2.13. The van der Waals surface area contributed by atoms with Crippen molar-refractivity contribution in [1.29, 1.82) is 0 Å². The molecule has 3 heterocycles. The fourth-order valence-electron chi connectivity index (χ4n) is 9.09. The van der Waals surface area contributed by atoms with E-state index in [0.717, 1.165) is 66.3 Å². The predicted molar refractivity (Wildman–Crippen MR) is 250 cm³/mol. The van der Waals surface area contributed by atoms with E-state index in [-0.39, 0.29) is 0 Å². The Morgan fingerprint density at radius 3 is 1.55 bits per heavy atom. The molecule has 0 fully saturated rings. The molecule has 0 aliphatic heterocycles. The molecular weight excluding hydrogens is 729 g/mol. The number of hydrogen-bond donors (Lipinski definition) is 0. The lowest BCUT2D eigenvalue weighted by atomic mass is 9.97. The van der Waals surface area contributed by atoms with Gasteiger partial charge in [0.25, 0.3) is 0 Å². The summed E-state index contributed by atoms with van der Waals surface area (Å²) in [6.45, 7) is 0. The first-order valence-corrected chi connectivity index (χ1v) is 20.4. The molecule has 12 rings (SSSR count). The predicted octanol–water partition coefficient (Wildman–Crippen LogP) is 14.5. The van der Waals surface area contributed by atoms with Crippen molar-refractivity contribution >= 4 is 54.5 Å². The van der Waals surface area contributed by atoms with Gasteiger partial charge in [-0.15, -0.1) is 0 Å². The van der Waals surface area contributed by atoms with Crippen molar-refractivity contribution in [2.75, 3.05) is 0 Å². The Morgan fingerprint density at radius 2 is 0.767 bits per heavy atom. The van der Waals surface area contributed by atoms with Crippen LogP contribution in [0.2, 0.25) is 0 Å². The average Bonchev–Trinajstić information content (AvgIpc) is 3.84. The third-order valence-electron chi connectivity index (χ3n) is 11.9. The minimum atomic E-state index is 0.647. The van der Waals surface area contributed by atoms with Crippen LogP contribution in [0.3, 0.4) is 0 Å². The van der Waals surface area contributed by atoms with Gasteiger partial charge in [0.2, 0.25) is 5.95 Å². The Kier molecular flexibility index (Phi) is 7.82. The van der Waals surface area contributed by atoms with E-state index < -0.39 is 0 Å². The number of rotatable bonds is 6. The Balaban J connectivity index is 0.994. The lowest BCUT2D eigenvalue weighted by Crippen LogP contribution is -2.03. The van der Waals surface area contributed by atoms with Gasteiger partial charge in [0.1, 0.15) is 0 Å². The molecular formula is C56H36N4. The van der Waals surface area contributed by atoms with Crippen LogP contribution in [0.4, 0.5) is 0 Å². The number of benzene rings is 9. The van der Waals surface area contributed by atoms with Crippen molar-refractivity contribution in [3.63, 3.8) is 0 Å². The minimum absolute atomic E-state index is 0.647. The summed E-state index contributed by atoms with van der Waals surface area (Å²) in [6.07, 6.45) is 0. The van der Waals surface area contributed by atoms with Crippen LogP contribution in [0.1, 0.15) is 0 Å². The summed E-state index contributed by atoms with van der Waals surface area (Å²) < 4.78 is 4.61. The van der Waals surface area contributed by atoms with Crippen molar-refractivity contribution in [3.8, 4) is 56.3 Å². The van der Waals surface area contributed by atoms with E-state index >= 15 is 0 Å². The molecule has 3 aromatic heterocycles. The Labute approximate surface area is 346 Å². The molecule has 60 heavy (non-hydrogen) atoms. The van der Waals surface area contributed by atoms with Crippen molar-refractivity contribution in [1.82, 2.24) is 19.1 Å². The van der Waals surface area contributed by atoms with Gasteiger partial charge >= 0.3 is 0 Å². The molecule has 12 aromatic rings. The second kappa shape index (κ2) is 13.8. The summed E-state index contributed by atoms with van der Waals surface area (Å²) in [6, 6.07) is 78.0. The maximum atomic E-state index is 5.43. The zero-order chi connectivity index (χ0) is 39.6. The van der Waals surface area contributed by atoms with Crippen LogP contribution < -0.4 is 0 Å². The highest BCUT2D eigenvalue weighted by Gasteiger charge is 2.19. The van der Waals surface area contributed by atoms with Gasteiger partial charge in [-0.2, -0.15) is 0 Å². The summed E-state index contributed by atoms with van der Waals surface area (Å²) in [5, 5.41) is 5.83. The van der Waals surface area contributed by atoms with E-state index in [1.807, 2.05) is 0 Å². The van der Waals surface area contributed by atoms with Gasteiger partial charge in [-0.05, 0) is 88.0 Å². The smallest absolute Gasteiger partial charge is 0.235 e. The van der Waals surface area contributed by atoms with Crippen LogP contribution in [0.15, 0.2) is 218 Å². The molecule has 4 nitrogen and oxygen atoms in total. The van der Waals surface area contributed by atoms with Crippen molar-refractivity contribution in [2.24, 2.45) is 0 Å². The monoisotopic (exact) mass is 764 g/mol. The molecule has 0 spiro atoms. The highest BCUT2D eigenvalue weighted by Crippen LogP contribution is 2.39. The van der Waals surface area contributed by atoms with Crippen LogP contribution in [-0.2, 0) is 0 Å².